The van der Waals surface area contributed by atoms with Crippen molar-refractivity contribution in [1.29, 1.82) is 0 Å². The number of para-hydroxylation sites is 1. The normalized spacial score (nSPS) is 14.6. The molecule has 2 aromatic carbocycles. The highest BCUT2D eigenvalue weighted by molar-refractivity contribution is 6.31. The Kier molecular flexibility index (Phi) is 7.17. The largest absolute Gasteiger partial charge is 0.444 e. The molecule has 2 heterocycles. The van der Waals surface area contributed by atoms with Crippen LogP contribution in [0.4, 0.5) is 10.5 Å². The molecular weight excluding hydrogens is 464 g/mol. The highest BCUT2D eigenvalue weighted by Gasteiger charge is 2.32. The van der Waals surface area contributed by atoms with E-state index in [9.17, 15) is 9.59 Å². The second-order valence-corrected chi connectivity index (χ2v) is 10.3. The van der Waals surface area contributed by atoms with Gasteiger partial charge in [-0.2, -0.15) is 5.10 Å². The molecule has 1 fully saturated rings. The number of likely N-dealkylation sites (tertiary alicyclic amines) is 1. The molecule has 35 heavy (non-hydrogen) atoms. The lowest BCUT2D eigenvalue weighted by molar-refractivity contribution is 0.0203. The van der Waals surface area contributed by atoms with E-state index >= 15 is 0 Å². The van der Waals surface area contributed by atoms with Crippen molar-refractivity contribution in [2.75, 3.05) is 18.4 Å². The fourth-order valence-corrected chi connectivity index (χ4v) is 4.45. The van der Waals surface area contributed by atoms with Crippen molar-refractivity contribution in [3.8, 4) is 5.69 Å². The minimum absolute atomic E-state index is 0.0533. The summed E-state index contributed by atoms with van der Waals surface area (Å²) in [6, 6.07) is 15.2. The molecule has 184 valence electrons. The highest BCUT2D eigenvalue weighted by atomic mass is 35.5. The zero-order valence-electron chi connectivity index (χ0n) is 20.5. The van der Waals surface area contributed by atoms with Crippen molar-refractivity contribution in [3.63, 3.8) is 0 Å². The smallest absolute Gasteiger partial charge is 0.410 e. The van der Waals surface area contributed by atoms with Gasteiger partial charge in [0, 0.05) is 29.7 Å². The number of piperidine rings is 1. The quantitative estimate of drug-likeness (QED) is 0.468. The minimum atomic E-state index is -0.538. The zero-order valence-corrected chi connectivity index (χ0v) is 21.3. The number of aryl methyl sites for hydroxylation is 1. The van der Waals surface area contributed by atoms with Crippen LogP contribution in [0.25, 0.3) is 5.69 Å². The average Bonchev–Trinajstić information content (AvgIpc) is 3.26. The number of carbonyl (C=O) groups excluding carboxylic acids is 2. The lowest BCUT2D eigenvalue weighted by Crippen LogP contribution is -2.41. The number of rotatable bonds is 4. The van der Waals surface area contributed by atoms with E-state index in [1.807, 2.05) is 68.8 Å². The molecule has 0 saturated carbocycles. The first-order chi connectivity index (χ1) is 16.6. The Hall–Kier alpha value is -3.32. The molecule has 1 N–H and O–H groups in total. The van der Waals surface area contributed by atoms with E-state index < -0.39 is 5.60 Å². The number of ether oxygens (including phenoxy) is 1. The summed E-state index contributed by atoms with van der Waals surface area (Å²) in [7, 11) is 0. The van der Waals surface area contributed by atoms with Crippen LogP contribution in [0, 0.1) is 6.92 Å². The van der Waals surface area contributed by atoms with Gasteiger partial charge in [-0.1, -0.05) is 35.9 Å². The molecule has 2 amide bonds. The van der Waals surface area contributed by atoms with Gasteiger partial charge in [-0.05, 0) is 70.4 Å². The lowest BCUT2D eigenvalue weighted by Gasteiger charge is -2.34. The SMILES string of the molecule is Cc1ccc(Cl)cc1NC(=O)c1cnn(-c2ccccc2)c1C1CCN(C(=O)OC(C)(C)C)CC1. The molecule has 7 nitrogen and oxygen atoms in total. The van der Waals surface area contributed by atoms with E-state index in [2.05, 4.69) is 10.4 Å². The van der Waals surface area contributed by atoms with E-state index in [4.69, 9.17) is 16.3 Å². The van der Waals surface area contributed by atoms with Gasteiger partial charge >= 0.3 is 6.09 Å². The van der Waals surface area contributed by atoms with E-state index in [-0.39, 0.29) is 17.9 Å². The molecule has 0 unspecified atom stereocenters. The third kappa shape index (κ3) is 5.85. The van der Waals surface area contributed by atoms with Gasteiger partial charge < -0.3 is 15.0 Å². The number of amides is 2. The van der Waals surface area contributed by atoms with Gasteiger partial charge in [-0.3, -0.25) is 4.79 Å². The van der Waals surface area contributed by atoms with Gasteiger partial charge in [-0.25, -0.2) is 9.48 Å². The standard InChI is InChI=1S/C27H31ClN4O3/c1-18-10-11-20(28)16-23(18)30-25(33)22-17-29-32(21-8-6-5-7-9-21)24(22)19-12-14-31(15-13-19)26(34)35-27(2,3)4/h5-11,16-17,19H,12-15H2,1-4H3,(H,30,33). The topological polar surface area (TPSA) is 76.5 Å². The fourth-order valence-electron chi connectivity index (χ4n) is 4.28. The third-order valence-electron chi connectivity index (χ3n) is 6.03. The number of hydrogen-bond acceptors (Lipinski definition) is 4. The molecule has 0 aliphatic carbocycles. The monoisotopic (exact) mass is 494 g/mol. The number of nitrogens with zero attached hydrogens (tertiary/aromatic N) is 3. The average molecular weight is 495 g/mol. The zero-order chi connectivity index (χ0) is 25.2. The Labute approximate surface area is 211 Å². The van der Waals surface area contributed by atoms with Crippen molar-refractivity contribution in [2.24, 2.45) is 0 Å². The summed E-state index contributed by atoms with van der Waals surface area (Å²) >= 11 is 6.15. The Bertz CT molecular complexity index is 1210. The number of anilines is 1. The molecule has 3 aromatic rings. The van der Waals surface area contributed by atoms with Crippen LogP contribution >= 0.6 is 11.6 Å². The first kappa shape index (κ1) is 24.8. The number of benzene rings is 2. The highest BCUT2D eigenvalue weighted by Crippen LogP contribution is 2.33. The summed E-state index contributed by atoms with van der Waals surface area (Å²) in [5.41, 5.74) is 3.30. The Morgan fingerprint density at radius 3 is 2.43 bits per heavy atom. The van der Waals surface area contributed by atoms with Crippen LogP contribution in [0.2, 0.25) is 5.02 Å². The number of halogens is 1. The van der Waals surface area contributed by atoms with Crippen molar-refractivity contribution in [3.05, 3.63) is 76.6 Å². The van der Waals surface area contributed by atoms with E-state index in [0.29, 0.717) is 42.2 Å². The fraction of sp³-hybridized carbons (Fsp3) is 0.370. The summed E-state index contributed by atoms with van der Waals surface area (Å²) in [4.78, 5) is 27.7. The summed E-state index contributed by atoms with van der Waals surface area (Å²) in [6.07, 6.45) is 2.72. The number of carbonyl (C=O) groups is 2. The molecule has 1 aliphatic rings. The Balaban J connectivity index is 1.61. The number of hydrogen-bond donors (Lipinski definition) is 1. The molecule has 0 radical (unpaired) electrons. The molecule has 1 saturated heterocycles. The van der Waals surface area contributed by atoms with Crippen molar-refractivity contribution >= 4 is 29.3 Å². The van der Waals surface area contributed by atoms with Crippen LogP contribution in [0.5, 0.6) is 0 Å². The maximum Gasteiger partial charge on any atom is 0.410 e. The maximum atomic E-state index is 13.4. The molecular formula is C27H31ClN4O3. The van der Waals surface area contributed by atoms with E-state index in [1.165, 1.54) is 0 Å². The number of nitrogens with one attached hydrogen (secondary N) is 1. The predicted octanol–water partition coefficient (Wildman–Crippen LogP) is 6.20. The van der Waals surface area contributed by atoms with Gasteiger partial charge in [0.05, 0.1) is 23.1 Å². The van der Waals surface area contributed by atoms with Crippen LogP contribution < -0.4 is 5.32 Å². The Morgan fingerprint density at radius 1 is 1.09 bits per heavy atom. The van der Waals surface area contributed by atoms with Crippen LogP contribution in [0.15, 0.2) is 54.7 Å². The van der Waals surface area contributed by atoms with Crippen LogP contribution in [0.3, 0.4) is 0 Å². The summed E-state index contributed by atoms with van der Waals surface area (Å²) in [6.45, 7) is 8.61. The van der Waals surface area contributed by atoms with Gasteiger partial charge in [0.25, 0.3) is 5.91 Å². The van der Waals surface area contributed by atoms with Crippen LogP contribution in [-0.2, 0) is 4.74 Å². The molecule has 0 bridgehead atoms. The minimum Gasteiger partial charge on any atom is -0.444 e. The van der Waals surface area contributed by atoms with Crippen LogP contribution in [0.1, 0.15) is 61.1 Å². The third-order valence-corrected chi connectivity index (χ3v) is 6.27. The predicted molar refractivity (Wildman–Crippen MR) is 137 cm³/mol. The molecule has 0 spiro atoms. The molecule has 1 aliphatic heterocycles. The summed E-state index contributed by atoms with van der Waals surface area (Å²) in [5.74, 6) is -0.181. The number of aromatic nitrogens is 2. The van der Waals surface area contributed by atoms with Crippen molar-refractivity contribution in [1.82, 2.24) is 14.7 Å². The van der Waals surface area contributed by atoms with E-state index in [1.54, 1.807) is 23.2 Å². The van der Waals surface area contributed by atoms with Gasteiger partial charge in [0.1, 0.15) is 5.60 Å². The van der Waals surface area contributed by atoms with Gasteiger partial charge in [0.15, 0.2) is 0 Å². The molecule has 0 atom stereocenters. The first-order valence-electron chi connectivity index (χ1n) is 11.8. The van der Waals surface area contributed by atoms with Crippen molar-refractivity contribution in [2.45, 2.75) is 52.1 Å². The first-order valence-corrected chi connectivity index (χ1v) is 12.2. The summed E-state index contributed by atoms with van der Waals surface area (Å²) in [5, 5.41) is 8.15. The maximum absolute atomic E-state index is 13.4. The molecule has 4 rings (SSSR count). The lowest BCUT2D eigenvalue weighted by atomic mass is 9.90. The molecule has 1 aromatic heterocycles. The Morgan fingerprint density at radius 2 is 1.77 bits per heavy atom. The van der Waals surface area contributed by atoms with Crippen LogP contribution in [-0.4, -0.2) is 45.4 Å². The van der Waals surface area contributed by atoms with Crippen molar-refractivity contribution < 1.29 is 14.3 Å². The van der Waals surface area contributed by atoms with Gasteiger partial charge in [0.2, 0.25) is 0 Å². The van der Waals surface area contributed by atoms with E-state index in [0.717, 1.165) is 16.9 Å². The molecule has 8 heteroatoms. The van der Waals surface area contributed by atoms with Gasteiger partial charge in [-0.15, -0.1) is 0 Å². The second-order valence-electron chi connectivity index (χ2n) is 9.85. The summed E-state index contributed by atoms with van der Waals surface area (Å²) < 4.78 is 7.38. The second kappa shape index (κ2) is 10.1.